The summed E-state index contributed by atoms with van der Waals surface area (Å²) in [5.41, 5.74) is 5.68. The van der Waals surface area contributed by atoms with E-state index in [0.717, 1.165) is 32.4 Å². The summed E-state index contributed by atoms with van der Waals surface area (Å²) in [4.78, 5) is 0. The second-order valence-electron chi connectivity index (χ2n) is 4.02. The Morgan fingerprint density at radius 3 is 2.71 bits per heavy atom. The molecule has 0 heterocycles. The lowest BCUT2D eigenvalue weighted by Crippen LogP contribution is -2.29. The van der Waals surface area contributed by atoms with Gasteiger partial charge < -0.3 is 21.4 Å². The third-order valence-corrected chi connectivity index (χ3v) is 2.65. The second-order valence-corrected chi connectivity index (χ2v) is 4.02. The quantitative estimate of drug-likeness (QED) is 0.152. The van der Waals surface area contributed by atoms with Crippen LogP contribution in [-0.2, 0) is 0 Å². The SMILES string of the molecule is NC(CC1(CNCCCO)CC1)=NO. The van der Waals surface area contributed by atoms with Gasteiger partial charge in [-0.05, 0) is 31.2 Å². The number of nitrogens with zero attached hydrogens (tertiary/aromatic N) is 1. The molecule has 1 aliphatic carbocycles. The summed E-state index contributed by atoms with van der Waals surface area (Å²) in [6, 6.07) is 0. The molecule has 0 aromatic carbocycles. The Labute approximate surface area is 84.0 Å². The van der Waals surface area contributed by atoms with Crippen LogP contribution in [0.15, 0.2) is 5.16 Å². The zero-order chi connectivity index (χ0) is 10.4. The molecule has 0 amide bonds. The molecular weight excluding hydrogens is 182 g/mol. The number of aliphatic hydroxyl groups is 1. The monoisotopic (exact) mass is 201 g/mol. The predicted molar refractivity (Wildman–Crippen MR) is 54.3 cm³/mol. The van der Waals surface area contributed by atoms with Gasteiger partial charge in [0.1, 0.15) is 5.84 Å². The minimum Gasteiger partial charge on any atom is -0.409 e. The van der Waals surface area contributed by atoms with Gasteiger partial charge in [0, 0.05) is 19.6 Å². The van der Waals surface area contributed by atoms with Crippen molar-refractivity contribution >= 4 is 5.84 Å². The van der Waals surface area contributed by atoms with Gasteiger partial charge in [-0.25, -0.2) is 0 Å². The molecule has 14 heavy (non-hydrogen) atoms. The first kappa shape index (κ1) is 11.3. The molecule has 0 aromatic heterocycles. The highest BCUT2D eigenvalue weighted by Gasteiger charge is 2.42. The minimum atomic E-state index is 0.214. The molecule has 1 fully saturated rings. The van der Waals surface area contributed by atoms with Crippen LogP contribution in [0.5, 0.6) is 0 Å². The van der Waals surface area contributed by atoms with E-state index in [1.54, 1.807) is 0 Å². The van der Waals surface area contributed by atoms with Crippen molar-refractivity contribution < 1.29 is 10.3 Å². The van der Waals surface area contributed by atoms with Crippen LogP contribution in [0.25, 0.3) is 0 Å². The van der Waals surface area contributed by atoms with Gasteiger partial charge in [-0.1, -0.05) is 5.16 Å². The van der Waals surface area contributed by atoms with Gasteiger partial charge in [0.05, 0.1) is 0 Å². The third-order valence-electron chi connectivity index (χ3n) is 2.65. The molecule has 5 heteroatoms. The van der Waals surface area contributed by atoms with Crippen LogP contribution in [0.4, 0.5) is 0 Å². The van der Waals surface area contributed by atoms with E-state index < -0.39 is 0 Å². The highest BCUT2D eigenvalue weighted by atomic mass is 16.4. The molecule has 1 aliphatic rings. The van der Waals surface area contributed by atoms with Crippen molar-refractivity contribution in [2.45, 2.75) is 25.7 Å². The van der Waals surface area contributed by atoms with Gasteiger partial charge in [-0.3, -0.25) is 0 Å². The molecular formula is C9H19N3O2. The van der Waals surface area contributed by atoms with Crippen LogP contribution in [0.1, 0.15) is 25.7 Å². The number of hydrogen-bond acceptors (Lipinski definition) is 4. The molecule has 0 atom stereocenters. The van der Waals surface area contributed by atoms with Gasteiger partial charge in [0.25, 0.3) is 0 Å². The summed E-state index contributed by atoms with van der Waals surface area (Å²) in [5, 5.41) is 23.3. The number of oxime groups is 1. The lowest BCUT2D eigenvalue weighted by atomic mass is 10.0. The molecule has 1 saturated carbocycles. The molecule has 0 spiro atoms. The van der Waals surface area contributed by atoms with E-state index in [-0.39, 0.29) is 12.0 Å². The Hall–Kier alpha value is -0.810. The maximum Gasteiger partial charge on any atom is 0.139 e. The molecule has 0 aromatic rings. The summed E-state index contributed by atoms with van der Waals surface area (Å²) in [6.45, 7) is 1.94. The predicted octanol–water partition coefficient (Wildman–Crippen LogP) is -0.125. The Balaban J connectivity index is 2.16. The average Bonchev–Trinajstić information content (AvgIpc) is 2.93. The fraction of sp³-hybridized carbons (Fsp3) is 0.889. The topological polar surface area (TPSA) is 90.9 Å². The molecule has 0 saturated heterocycles. The van der Waals surface area contributed by atoms with E-state index in [0.29, 0.717) is 12.3 Å². The fourth-order valence-electron chi connectivity index (χ4n) is 1.57. The van der Waals surface area contributed by atoms with Gasteiger partial charge in [-0.15, -0.1) is 0 Å². The van der Waals surface area contributed by atoms with Crippen molar-refractivity contribution in [3.8, 4) is 0 Å². The van der Waals surface area contributed by atoms with Crippen LogP contribution in [0.2, 0.25) is 0 Å². The number of aliphatic hydroxyl groups excluding tert-OH is 1. The number of nitrogens with one attached hydrogen (secondary N) is 1. The van der Waals surface area contributed by atoms with E-state index in [2.05, 4.69) is 10.5 Å². The summed E-state index contributed by atoms with van der Waals surface area (Å²) >= 11 is 0. The molecule has 0 unspecified atom stereocenters. The zero-order valence-electron chi connectivity index (χ0n) is 8.37. The van der Waals surface area contributed by atoms with Crippen molar-refractivity contribution in [1.29, 1.82) is 0 Å². The maximum absolute atomic E-state index is 8.58. The fourth-order valence-corrected chi connectivity index (χ4v) is 1.57. The molecule has 1 rings (SSSR count). The standard InChI is InChI=1S/C9H19N3O2/c10-8(12-14)6-9(2-3-9)7-11-4-1-5-13/h11,13-14H,1-7H2,(H2,10,12). The zero-order valence-corrected chi connectivity index (χ0v) is 8.37. The van der Waals surface area contributed by atoms with Crippen molar-refractivity contribution in [2.24, 2.45) is 16.3 Å². The Kier molecular flexibility index (Phi) is 4.16. The van der Waals surface area contributed by atoms with Crippen molar-refractivity contribution in [1.82, 2.24) is 5.32 Å². The van der Waals surface area contributed by atoms with Crippen LogP contribution in [0.3, 0.4) is 0 Å². The first-order valence-electron chi connectivity index (χ1n) is 5.00. The van der Waals surface area contributed by atoms with Crippen molar-refractivity contribution in [3.05, 3.63) is 0 Å². The number of hydrogen-bond donors (Lipinski definition) is 4. The molecule has 82 valence electrons. The highest BCUT2D eigenvalue weighted by molar-refractivity contribution is 5.80. The number of rotatable bonds is 7. The van der Waals surface area contributed by atoms with Crippen LogP contribution in [-0.4, -0.2) is 35.8 Å². The van der Waals surface area contributed by atoms with Gasteiger partial charge >= 0.3 is 0 Å². The van der Waals surface area contributed by atoms with E-state index in [4.69, 9.17) is 16.0 Å². The first-order chi connectivity index (χ1) is 6.72. The Morgan fingerprint density at radius 1 is 1.50 bits per heavy atom. The average molecular weight is 201 g/mol. The molecule has 0 radical (unpaired) electrons. The first-order valence-corrected chi connectivity index (χ1v) is 5.00. The van der Waals surface area contributed by atoms with E-state index in [1.807, 2.05) is 0 Å². The Morgan fingerprint density at radius 2 is 2.21 bits per heavy atom. The second kappa shape index (κ2) is 5.17. The smallest absolute Gasteiger partial charge is 0.139 e. The molecule has 0 bridgehead atoms. The lowest BCUT2D eigenvalue weighted by molar-refractivity contribution is 0.283. The van der Waals surface area contributed by atoms with Gasteiger partial charge in [0.15, 0.2) is 0 Å². The van der Waals surface area contributed by atoms with Crippen LogP contribution in [0, 0.1) is 5.41 Å². The molecule has 5 nitrogen and oxygen atoms in total. The van der Waals surface area contributed by atoms with Crippen LogP contribution < -0.4 is 11.1 Å². The van der Waals surface area contributed by atoms with Gasteiger partial charge in [0.2, 0.25) is 0 Å². The minimum absolute atomic E-state index is 0.214. The number of nitrogens with two attached hydrogens (primary N) is 1. The number of amidine groups is 1. The summed E-state index contributed by atoms with van der Waals surface area (Å²) < 4.78 is 0. The lowest BCUT2D eigenvalue weighted by Gasteiger charge is -2.14. The Bertz CT molecular complexity index is 202. The largest absolute Gasteiger partial charge is 0.409 e. The van der Waals surface area contributed by atoms with Crippen molar-refractivity contribution in [3.63, 3.8) is 0 Å². The van der Waals surface area contributed by atoms with E-state index in [9.17, 15) is 0 Å². The van der Waals surface area contributed by atoms with Crippen molar-refractivity contribution in [2.75, 3.05) is 19.7 Å². The third kappa shape index (κ3) is 3.51. The normalized spacial score (nSPS) is 19.6. The highest BCUT2D eigenvalue weighted by Crippen LogP contribution is 2.48. The van der Waals surface area contributed by atoms with Gasteiger partial charge in [-0.2, -0.15) is 0 Å². The summed E-state index contributed by atoms with van der Waals surface area (Å²) in [5.74, 6) is 0.312. The summed E-state index contributed by atoms with van der Waals surface area (Å²) in [6.07, 6.45) is 3.71. The maximum atomic E-state index is 8.58. The van der Waals surface area contributed by atoms with Crippen LogP contribution >= 0.6 is 0 Å². The summed E-state index contributed by atoms with van der Waals surface area (Å²) in [7, 11) is 0. The molecule has 0 aliphatic heterocycles. The molecule has 5 N–H and O–H groups in total. The van der Waals surface area contributed by atoms with E-state index >= 15 is 0 Å². The van der Waals surface area contributed by atoms with E-state index in [1.165, 1.54) is 0 Å².